The fraction of sp³-hybridized carbons (Fsp3) is 0.588. The summed E-state index contributed by atoms with van der Waals surface area (Å²) in [4.78, 5) is 14.4. The van der Waals surface area contributed by atoms with Gasteiger partial charge in [-0.25, -0.2) is 0 Å². The molecule has 21 heavy (non-hydrogen) atoms. The van der Waals surface area contributed by atoms with Crippen LogP contribution in [-0.2, 0) is 4.79 Å². The number of hydrogen-bond donors (Lipinski definition) is 2. The van der Waals surface area contributed by atoms with Crippen LogP contribution < -0.4 is 15.5 Å². The van der Waals surface area contributed by atoms with E-state index in [1.54, 1.807) is 0 Å². The van der Waals surface area contributed by atoms with E-state index in [0.29, 0.717) is 12.1 Å². The molecule has 2 heterocycles. The number of para-hydroxylation sites is 1. The third-order valence-electron chi connectivity index (χ3n) is 4.82. The normalized spacial score (nSPS) is 26.4. The maximum absolute atomic E-state index is 12.0. The lowest BCUT2D eigenvalue weighted by molar-refractivity contribution is -0.122. The molecule has 3 unspecified atom stereocenters. The first-order chi connectivity index (χ1) is 10.2. The number of rotatable bonds is 4. The van der Waals surface area contributed by atoms with Gasteiger partial charge in [0.1, 0.15) is 0 Å². The van der Waals surface area contributed by atoms with Gasteiger partial charge < -0.3 is 15.5 Å². The first kappa shape index (κ1) is 14.4. The Morgan fingerprint density at radius 2 is 2.24 bits per heavy atom. The molecule has 1 aromatic rings. The minimum atomic E-state index is 0.168. The quantitative estimate of drug-likeness (QED) is 0.891. The van der Waals surface area contributed by atoms with Gasteiger partial charge in [-0.15, -0.1) is 0 Å². The van der Waals surface area contributed by atoms with Crippen LogP contribution in [-0.4, -0.2) is 31.6 Å². The summed E-state index contributed by atoms with van der Waals surface area (Å²) in [7, 11) is 0. The number of hydrogen-bond acceptors (Lipinski definition) is 3. The van der Waals surface area contributed by atoms with E-state index in [-0.39, 0.29) is 11.8 Å². The number of amides is 1. The van der Waals surface area contributed by atoms with Crippen LogP contribution >= 0.6 is 0 Å². The van der Waals surface area contributed by atoms with Crippen molar-refractivity contribution in [2.24, 2.45) is 5.92 Å². The second-order valence-electron chi connectivity index (χ2n) is 6.09. The largest absolute Gasteiger partial charge is 0.366 e. The van der Waals surface area contributed by atoms with Crippen LogP contribution in [0.15, 0.2) is 24.3 Å². The van der Waals surface area contributed by atoms with Gasteiger partial charge in [0, 0.05) is 24.8 Å². The maximum Gasteiger partial charge on any atom is 0.225 e. The van der Waals surface area contributed by atoms with Crippen LogP contribution in [0.3, 0.4) is 0 Å². The van der Waals surface area contributed by atoms with Crippen molar-refractivity contribution >= 4 is 11.6 Å². The molecule has 0 bridgehead atoms. The molecule has 0 saturated carbocycles. The van der Waals surface area contributed by atoms with Gasteiger partial charge >= 0.3 is 0 Å². The summed E-state index contributed by atoms with van der Waals surface area (Å²) in [6, 6.07) is 9.26. The van der Waals surface area contributed by atoms with E-state index in [1.165, 1.54) is 11.3 Å². The Morgan fingerprint density at radius 3 is 3.05 bits per heavy atom. The number of benzene rings is 1. The molecule has 2 aliphatic heterocycles. The molecule has 0 aliphatic carbocycles. The molecule has 0 radical (unpaired) electrons. The van der Waals surface area contributed by atoms with Gasteiger partial charge in [-0.1, -0.05) is 25.1 Å². The van der Waals surface area contributed by atoms with Gasteiger partial charge in [-0.05, 0) is 37.9 Å². The Balaban J connectivity index is 1.91. The third-order valence-corrected chi connectivity index (χ3v) is 4.82. The molecule has 2 N–H and O–H groups in total. The van der Waals surface area contributed by atoms with Gasteiger partial charge in [0.05, 0.1) is 12.0 Å². The number of carbonyl (C=O) groups is 1. The smallest absolute Gasteiger partial charge is 0.225 e. The second-order valence-corrected chi connectivity index (χ2v) is 6.09. The summed E-state index contributed by atoms with van der Waals surface area (Å²) >= 11 is 0. The van der Waals surface area contributed by atoms with Crippen LogP contribution in [0.1, 0.15) is 38.3 Å². The van der Waals surface area contributed by atoms with Crippen LogP contribution in [0.4, 0.5) is 5.69 Å². The van der Waals surface area contributed by atoms with E-state index in [2.05, 4.69) is 53.6 Å². The zero-order valence-corrected chi connectivity index (χ0v) is 12.9. The van der Waals surface area contributed by atoms with Crippen molar-refractivity contribution in [2.45, 2.75) is 38.8 Å². The molecule has 3 atom stereocenters. The molecule has 2 saturated heterocycles. The Hall–Kier alpha value is -1.55. The van der Waals surface area contributed by atoms with E-state index in [0.717, 1.165) is 32.5 Å². The third kappa shape index (κ3) is 2.64. The van der Waals surface area contributed by atoms with E-state index < -0.39 is 0 Å². The predicted molar refractivity (Wildman–Crippen MR) is 85.4 cm³/mol. The molecule has 0 aromatic heterocycles. The average Bonchev–Trinajstić information content (AvgIpc) is 2.89. The highest BCUT2D eigenvalue weighted by Gasteiger charge is 2.41. The zero-order chi connectivity index (χ0) is 14.8. The summed E-state index contributed by atoms with van der Waals surface area (Å²) in [6.45, 7) is 7.14. The lowest BCUT2D eigenvalue weighted by atomic mass is 9.90. The Kier molecular flexibility index (Phi) is 4.15. The van der Waals surface area contributed by atoms with Crippen molar-refractivity contribution in [3.8, 4) is 0 Å². The monoisotopic (exact) mass is 287 g/mol. The number of nitrogens with zero attached hydrogens (tertiary/aromatic N) is 1. The molecule has 114 valence electrons. The van der Waals surface area contributed by atoms with Crippen LogP contribution in [0.5, 0.6) is 0 Å². The van der Waals surface area contributed by atoms with E-state index in [9.17, 15) is 4.79 Å². The number of piperidine rings is 1. The van der Waals surface area contributed by atoms with Gasteiger partial charge in [0.25, 0.3) is 0 Å². The van der Waals surface area contributed by atoms with Crippen molar-refractivity contribution in [1.29, 1.82) is 0 Å². The molecule has 1 amide bonds. The minimum Gasteiger partial charge on any atom is -0.366 e. The molecule has 2 aliphatic rings. The van der Waals surface area contributed by atoms with Gasteiger partial charge in [0.2, 0.25) is 5.91 Å². The van der Waals surface area contributed by atoms with Crippen molar-refractivity contribution in [2.75, 3.05) is 24.5 Å². The van der Waals surface area contributed by atoms with Crippen LogP contribution in [0, 0.1) is 5.92 Å². The summed E-state index contributed by atoms with van der Waals surface area (Å²) in [5.41, 5.74) is 2.62. The van der Waals surface area contributed by atoms with Crippen molar-refractivity contribution < 1.29 is 4.79 Å². The van der Waals surface area contributed by atoms with Crippen molar-refractivity contribution in [3.63, 3.8) is 0 Å². The number of nitrogens with one attached hydrogen (secondary N) is 2. The lowest BCUT2D eigenvalue weighted by Crippen LogP contribution is -2.46. The topological polar surface area (TPSA) is 44.4 Å². The summed E-state index contributed by atoms with van der Waals surface area (Å²) in [5.74, 6) is 0.406. The zero-order valence-electron chi connectivity index (χ0n) is 12.9. The second kappa shape index (κ2) is 6.06. The van der Waals surface area contributed by atoms with Gasteiger partial charge in [-0.2, -0.15) is 0 Å². The highest BCUT2D eigenvalue weighted by Crippen LogP contribution is 2.35. The molecule has 0 spiro atoms. The van der Waals surface area contributed by atoms with E-state index in [4.69, 9.17) is 0 Å². The average molecular weight is 287 g/mol. The minimum absolute atomic E-state index is 0.168. The molecular weight excluding hydrogens is 262 g/mol. The Bertz CT molecular complexity index is 517. The molecule has 4 nitrogen and oxygen atoms in total. The SMILES string of the molecule is CCNC(C)c1ccccc1N1CCCC2C(=O)NCC21. The highest BCUT2D eigenvalue weighted by molar-refractivity contribution is 5.83. The molecular formula is C17H25N3O. The summed E-state index contributed by atoms with van der Waals surface area (Å²) in [6.07, 6.45) is 2.12. The lowest BCUT2D eigenvalue weighted by Gasteiger charge is -2.39. The van der Waals surface area contributed by atoms with Crippen LogP contribution in [0.2, 0.25) is 0 Å². The molecule has 4 heteroatoms. The molecule has 3 rings (SSSR count). The molecule has 1 aromatic carbocycles. The predicted octanol–water partition coefficient (Wildman–Crippen LogP) is 2.07. The first-order valence-electron chi connectivity index (χ1n) is 8.09. The Morgan fingerprint density at radius 1 is 1.43 bits per heavy atom. The molecule has 2 fully saturated rings. The fourth-order valence-electron chi connectivity index (χ4n) is 3.78. The summed E-state index contributed by atoms with van der Waals surface area (Å²) in [5, 5.41) is 6.54. The number of carbonyl (C=O) groups excluding carboxylic acids is 1. The Labute approximate surface area is 126 Å². The first-order valence-corrected chi connectivity index (χ1v) is 8.09. The standard InChI is InChI=1S/C17H25N3O/c1-3-18-12(2)13-7-4-5-9-15(13)20-10-6-8-14-16(20)11-19-17(14)21/h4-5,7,9,12,14,16,18H,3,6,8,10-11H2,1-2H3,(H,19,21). The van der Waals surface area contributed by atoms with Crippen molar-refractivity contribution in [3.05, 3.63) is 29.8 Å². The fourth-order valence-corrected chi connectivity index (χ4v) is 3.78. The van der Waals surface area contributed by atoms with Gasteiger partial charge in [0.15, 0.2) is 0 Å². The highest BCUT2D eigenvalue weighted by atomic mass is 16.2. The van der Waals surface area contributed by atoms with Gasteiger partial charge in [-0.3, -0.25) is 4.79 Å². The maximum atomic E-state index is 12.0. The van der Waals surface area contributed by atoms with E-state index in [1.807, 2.05) is 0 Å². The number of fused-ring (bicyclic) bond motifs is 1. The van der Waals surface area contributed by atoms with E-state index >= 15 is 0 Å². The van der Waals surface area contributed by atoms with Crippen LogP contribution in [0.25, 0.3) is 0 Å². The van der Waals surface area contributed by atoms with Crippen molar-refractivity contribution in [1.82, 2.24) is 10.6 Å². The summed E-state index contributed by atoms with van der Waals surface area (Å²) < 4.78 is 0. The number of anilines is 1.